The number of benzene rings is 1. The van der Waals surface area contributed by atoms with Crippen molar-refractivity contribution < 1.29 is 4.79 Å². The SMILES string of the molecule is N#C/C(=C\c1cccs1)C(=O)Nc1ncc(Cc2ccc(Cl)cc2Cl)s1. The number of nitrogens with one attached hydrogen (secondary N) is 1. The lowest BCUT2D eigenvalue weighted by Crippen LogP contribution is -2.13. The van der Waals surface area contributed by atoms with E-state index in [4.69, 9.17) is 23.2 Å². The van der Waals surface area contributed by atoms with Crippen LogP contribution in [0.1, 0.15) is 15.3 Å². The number of nitriles is 1. The van der Waals surface area contributed by atoms with Crippen molar-refractivity contribution >= 4 is 63.0 Å². The Hall–Kier alpha value is -2.17. The molecule has 0 aliphatic carbocycles. The first-order valence-corrected chi connectivity index (χ1v) is 9.85. The minimum Gasteiger partial charge on any atom is -0.297 e. The van der Waals surface area contributed by atoms with Gasteiger partial charge in [-0.05, 0) is 35.2 Å². The van der Waals surface area contributed by atoms with Crippen molar-refractivity contribution in [2.75, 3.05) is 5.32 Å². The summed E-state index contributed by atoms with van der Waals surface area (Å²) >= 11 is 14.9. The fraction of sp³-hybridized carbons (Fsp3) is 0.0556. The number of thiazole rings is 1. The number of halogens is 2. The molecule has 0 atom stereocenters. The summed E-state index contributed by atoms with van der Waals surface area (Å²) in [7, 11) is 0. The molecule has 1 N–H and O–H groups in total. The van der Waals surface area contributed by atoms with Crippen LogP contribution in [0.5, 0.6) is 0 Å². The summed E-state index contributed by atoms with van der Waals surface area (Å²) in [6, 6.07) is 11.0. The number of anilines is 1. The third-order valence-corrected chi connectivity index (χ3v) is 5.67. The molecule has 0 unspecified atom stereocenters. The molecule has 1 aromatic carbocycles. The Morgan fingerprint density at radius 1 is 1.35 bits per heavy atom. The minimum atomic E-state index is -0.480. The highest BCUT2D eigenvalue weighted by Gasteiger charge is 2.13. The fourth-order valence-electron chi connectivity index (χ4n) is 2.13. The molecule has 130 valence electrons. The summed E-state index contributed by atoms with van der Waals surface area (Å²) in [5.41, 5.74) is 0.956. The van der Waals surface area contributed by atoms with Gasteiger partial charge in [0, 0.05) is 32.4 Å². The van der Waals surface area contributed by atoms with E-state index < -0.39 is 5.91 Å². The Bertz CT molecular complexity index is 1000. The van der Waals surface area contributed by atoms with E-state index in [1.807, 2.05) is 29.6 Å². The highest BCUT2D eigenvalue weighted by molar-refractivity contribution is 7.15. The molecule has 0 saturated heterocycles. The molecule has 26 heavy (non-hydrogen) atoms. The summed E-state index contributed by atoms with van der Waals surface area (Å²) in [6.07, 6.45) is 3.82. The molecule has 0 fully saturated rings. The third-order valence-electron chi connectivity index (χ3n) is 3.35. The lowest BCUT2D eigenvalue weighted by Gasteiger charge is -2.02. The summed E-state index contributed by atoms with van der Waals surface area (Å²) in [6.45, 7) is 0. The van der Waals surface area contributed by atoms with Gasteiger partial charge in [0.1, 0.15) is 11.6 Å². The van der Waals surface area contributed by atoms with Crippen molar-refractivity contribution in [3.8, 4) is 6.07 Å². The molecule has 3 aromatic rings. The minimum absolute atomic E-state index is 0.0324. The number of rotatable bonds is 5. The Balaban J connectivity index is 1.70. The molecule has 0 aliphatic heterocycles. The van der Waals surface area contributed by atoms with Crippen molar-refractivity contribution in [2.45, 2.75) is 6.42 Å². The van der Waals surface area contributed by atoms with Gasteiger partial charge >= 0.3 is 0 Å². The van der Waals surface area contributed by atoms with Crippen molar-refractivity contribution in [3.63, 3.8) is 0 Å². The van der Waals surface area contributed by atoms with Crippen molar-refractivity contribution in [3.05, 3.63) is 72.8 Å². The number of carbonyl (C=O) groups is 1. The second-order valence-corrected chi connectivity index (χ2v) is 8.12. The van der Waals surface area contributed by atoms with Gasteiger partial charge in [0.2, 0.25) is 0 Å². The van der Waals surface area contributed by atoms with Crippen LogP contribution < -0.4 is 5.32 Å². The zero-order chi connectivity index (χ0) is 18.5. The second kappa shape index (κ2) is 8.47. The Labute approximate surface area is 168 Å². The van der Waals surface area contributed by atoms with Gasteiger partial charge in [-0.25, -0.2) is 4.98 Å². The van der Waals surface area contributed by atoms with Gasteiger partial charge in [0.15, 0.2) is 5.13 Å². The first-order chi connectivity index (χ1) is 12.5. The molecule has 2 heterocycles. The molecule has 4 nitrogen and oxygen atoms in total. The van der Waals surface area contributed by atoms with E-state index in [0.29, 0.717) is 21.6 Å². The normalized spacial score (nSPS) is 11.2. The largest absolute Gasteiger partial charge is 0.297 e. The quantitative estimate of drug-likeness (QED) is 0.429. The molecule has 0 radical (unpaired) electrons. The fourth-order valence-corrected chi connectivity index (χ4v) is 4.09. The second-order valence-electron chi connectivity index (χ2n) is 5.18. The average molecular weight is 420 g/mol. The van der Waals surface area contributed by atoms with Gasteiger partial charge in [-0.3, -0.25) is 10.1 Å². The number of hydrogen-bond acceptors (Lipinski definition) is 5. The van der Waals surface area contributed by atoms with E-state index in [1.54, 1.807) is 24.4 Å². The lowest BCUT2D eigenvalue weighted by atomic mass is 10.1. The third kappa shape index (κ3) is 4.71. The van der Waals surface area contributed by atoms with Crippen LogP contribution in [0.25, 0.3) is 6.08 Å². The number of thiophene rings is 1. The molecule has 2 aromatic heterocycles. The molecular formula is C18H11Cl2N3OS2. The molecule has 0 saturated carbocycles. The molecule has 3 rings (SSSR count). The van der Waals surface area contributed by atoms with Crippen LogP contribution in [0.2, 0.25) is 10.0 Å². The van der Waals surface area contributed by atoms with Gasteiger partial charge in [0.25, 0.3) is 5.91 Å². The zero-order valence-corrected chi connectivity index (χ0v) is 16.3. The van der Waals surface area contributed by atoms with E-state index in [2.05, 4.69) is 10.3 Å². The van der Waals surface area contributed by atoms with Gasteiger partial charge in [-0.15, -0.1) is 22.7 Å². The van der Waals surface area contributed by atoms with Gasteiger partial charge < -0.3 is 0 Å². The highest BCUT2D eigenvalue weighted by Crippen LogP contribution is 2.27. The topological polar surface area (TPSA) is 65.8 Å². The molecule has 0 spiro atoms. The summed E-state index contributed by atoms with van der Waals surface area (Å²) < 4.78 is 0. The highest BCUT2D eigenvalue weighted by atomic mass is 35.5. The maximum Gasteiger partial charge on any atom is 0.268 e. The standard InChI is InChI=1S/C18H11Cl2N3OS2/c19-13-4-3-11(16(20)8-13)6-15-10-22-18(26-15)23-17(24)12(9-21)7-14-2-1-5-25-14/h1-5,7-8,10H,6H2,(H,22,23,24)/b12-7+. The molecule has 8 heteroatoms. The Morgan fingerprint density at radius 3 is 2.88 bits per heavy atom. The number of aromatic nitrogens is 1. The molecule has 0 bridgehead atoms. The Morgan fingerprint density at radius 2 is 2.19 bits per heavy atom. The summed E-state index contributed by atoms with van der Waals surface area (Å²) in [4.78, 5) is 18.2. The predicted octanol–water partition coefficient (Wildman–Crippen LogP) is 5.65. The first kappa shape index (κ1) is 18.6. The van der Waals surface area contributed by atoms with Crippen LogP contribution >= 0.6 is 45.9 Å². The number of carbonyl (C=O) groups excluding carboxylic acids is 1. The van der Waals surface area contributed by atoms with Crippen LogP contribution in [-0.4, -0.2) is 10.9 Å². The van der Waals surface area contributed by atoms with Gasteiger partial charge in [0.05, 0.1) is 0 Å². The van der Waals surface area contributed by atoms with E-state index in [9.17, 15) is 10.1 Å². The average Bonchev–Trinajstić information content (AvgIpc) is 3.27. The maximum absolute atomic E-state index is 12.3. The number of nitrogens with zero attached hydrogens (tertiary/aromatic N) is 2. The van der Waals surface area contributed by atoms with Crippen molar-refractivity contribution in [2.24, 2.45) is 0 Å². The van der Waals surface area contributed by atoms with Gasteiger partial charge in [-0.1, -0.05) is 35.3 Å². The smallest absolute Gasteiger partial charge is 0.268 e. The van der Waals surface area contributed by atoms with Crippen LogP contribution in [0.15, 0.2) is 47.5 Å². The van der Waals surface area contributed by atoms with Crippen molar-refractivity contribution in [1.82, 2.24) is 4.98 Å². The van der Waals surface area contributed by atoms with E-state index in [0.717, 1.165) is 15.3 Å². The van der Waals surface area contributed by atoms with E-state index in [1.165, 1.54) is 22.7 Å². The number of amides is 1. The predicted molar refractivity (Wildman–Crippen MR) is 108 cm³/mol. The number of hydrogen-bond donors (Lipinski definition) is 1. The van der Waals surface area contributed by atoms with Crippen LogP contribution in [0.4, 0.5) is 5.13 Å². The summed E-state index contributed by atoms with van der Waals surface area (Å²) in [5.74, 6) is -0.480. The van der Waals surface area contributed by atoms with Crippen LogP contribution in [0, 0.1) is 11.3 Å². The van der Waals surface area contributed by atoms with Crippen LogP contribution in [0.3, 0.4) is 0 Å². The summed E-state index contributed by atoms with van der Waals surface area (Å²) in [5, 5.41) is 15.4. The first-order valence-electron chi connectivity index (χ1n) is 7.40. The maximum atomic E-state index is 12.3. The van der Waals surface area contributed by atoms with Gasteiger partial charge in [-0.2, -0.15) is 5.26 Å². The molecular weight excluding hydrogens is 409 g/mol. The Kier molecular flexibility index (Phi) is 6.07. The zero-order valence-electron chi connectivity index (χ0n) is 13.2. The van der Waals surface area contributed by atoms with Crippen molar-refractivity contribution in [1.29, 1.82) is 5.26 Å². The monoisotopic (exact) mass is 419 g/mol. The van der Waals surface area contributed by atoms with Crippen LogP contribution in [-0.2, 0) is 11.2 Å². The molecule has 1 amide bonds. The van der Waals surface area contributed by atoms with E-state index >= 15 is 0 Å². The lowest BCUT2D eigenvalue weighted by molar-refractivity contribution is -0.112. The molecule has 0 aliphatic rings. The van der Waals surface area contributed by atoms with E-state index in [-0.39, 0.29) is 5.57 Å².